The second-order valence-corrected chi connectivity index (χ2v) is 5.29. The topological polar surface area (TPSA) is 68.6 Å². The third-order valence-electron chi connectivity index (χ3n) is 3.36. The Hall–Kier alpha value is -2.63. The lowest BCUT2D eigenvalue weighted by Gasteiger charge is -2.20. The van der Waals surface area contributed by atoms with Gasteiger partial charge in [-0.1, -0.05) is 6.07 Å². The number of aryl methyl sites for hydroxylation is 1. The van der Waals surface area contributed by atoms with Gasteiger partial charge in [-0.3, -0.25) is 14.4 Å². The number of carbonyl (C=O) groups excluding carboxylic acids is 2. The highest BCUT2D eigenvalue weighted by Crippen LogP contribution is 2.24. The normalized spacial score (nSPS) is 12.0. The van der Waals surface area contributed by atoms with Gasteiger partial charge in [0, 0.05) is 32.7 Å². The molecule has 22 heavy (non-hydrogen) atoms. The SMILES string of the molecule is CC(=O)C(Oc1cccc2c(=O)n(C)ccc12)C(=O)N(C)C. The zero-order valence-corrected chi connectivity index (χ0v) is 13.0. The first-order valence-corrected chi connectivity index (χ1v) is 6.79. The average Bonchev–Trinajstić information content (AvgIpc) is 2.47. The number of ether oxygens (including phenoxy) is 1. The maximum Gasteiger partial charge on any atom is 0.270 e. The van der Waals surface area contributed by atoms with Gasteiger partial charge in [0.2, 0.25) is 6.10 Å². The number of Topliss-reactive ketones (excluding diaryl/α,β-unsaturated/α-hetero) is 1. The maximum absolute atomic E-state index is 12.1. The molecule has 6 heteroatoms. The van der Waals surface area contributed by atoms with Gasteiger partial charge in [-0.2, -0.15) is 0 Å². The maximum atomic E-state index is 12.1. The Labute approximate surface area is 127 Å². The Bertz CT molecular complexity index is 792. The summed E-state index contributed by atoms with van der Waals surface area (Å²) in [6.45, 7) is 1.30. The molecular weight excluding hydrogens is 284 g/mol. The molecule has 1 unspecified atom stereocenters. The Balaban J connectivity index is 2.51. The van der Waals surface area contributed by atoms with E-state index in [1.807, 2.05) is 0 Å². The molecule has 0 fully saturated rings. The minimum atomic E-state index is -1.22. The van der Waals surface area contributed by atoms with Crippen LogP contribution in [0.1, 0.15) is 6.92 Å². The van der Waals surface area contributed by atoms with Crippen LogP contribution in [0.5, 0.6) is 5.75 Å². The van der Waals surface area contributed by atoms with Crippen molar-refractivity contribution in [2.45, 2.75) is 13.0 Å². The molecule has 0 bridgehead atoms. The summed E-state index contributed by atoms with van der Waals surface area (Å²) in [7, 11) is 4.77. The van der Waals surface area contributed by atoms with Crippen LogP contribution >= 0.6 is 0 Å². The van der Waals surface area contributed by atoms with Crippen LogP contribution in [0.4, 0.5) is 0 Å². The van der Waals surface area contributed by atoms with Crippen LogP contribution in [0.2, 0.25) is 0 Å². The molecular formula is C16H18N2O4. The Morgan fingerprint density at radius 3 is 2.45 bits per heavy atom. The molecule has 0 aliphatic heterocycles. The minimum Gasteiger partial charge on any atom is -0.472 e. The number of amides is 1. The van der Waals surface area contributed by atoms with E-state index in [2.05, 4.69) is 0 Å². The first-order valence-electron chi connectivity index (χ1n) is 6.79. The molecule has 6 nitrogen and oxygen atoms in total. The van der Waals surface area contributed by atoms with Gasteiger partial charge in [0.15, 0.2) is 5.78 Å². The third kappa shape index (κ3) is 2.86. The number of nitrogens with zero attached hydrogens (tertiary/aromatic N) is 2. The lowest BCUT2D eigenvalue weighted by atomic mass is 10.1. The largest absolute Gasteiger partial charge is 0.472 e. The predicted molar refractivity (Wildman–Crippen MR) is 83.0 cm³/mol. The van der Waals surface area contributed by atoms with Gasteiger partial charge in [0.1, 0.15) is 5.75 Å². The van der Waals surface area contributed by atoms with E-state index >= 15 is 0 Å². The molecule has 0 N–H and O–H groups in total. The van der Waals surface area contributed by atoms with E-state index in [0.29, 0.717) is 16.5 Å². The summed E-state index contributed by atoms with van der Waals surface area (Å²) in [5.41, 5.74) is -0.165. The Kier molecular flexibility index (Phi) is 4.30. The Morgan fingerprint density at radius 2 is 1.86 bits per heavy atom. The molecule has 1 aromatic carbocycles. The fourth-order valence-electron chi connectivity index (χ4n) is 2.12. The minimum absolute atomic E-state index is 0.165. The fourth-order valence-corrected chi connectivity index (χ4v) is 2.12. The van der Waals surface area contributed by atoms with E-state index < -0.39 is 12.0 Å². The van der Waals surface area contributed by atoms with E-state index in [1.165, 1.54) is 16.4 Å². The smallest absolute Gasteiger partial charge is 0.270 e. The number of benzene rings is 1. The molecule has 1 atom stereocenters. The number of fused-ring (bicyclic) bond motifs is 1. The molecule has 2 rings (SSSR count). The first kappa shape index (κ1) is 15.8. The number of hydrogen-bond acceptors (Lipinski definition) is 4. The molecule has 1 amide bonds. The van der Waals surface area contributed by atoms with Crippen molar-refractivity contribution in [1.82, 2.24) is 9.47 Å². The molecule has 1 heterocycles. The highest BCUT2D eigenvalue weighted by molar-refractivity contribution is 6.03. The van der Waals surface area contributed by atoms with E-state index in [1.54, 1.807) is 51.6 Å². The predicted octanol–water partition coefficient (Wildman–Crippen LogP) is 0.963. The molecule has 0 aliphatic carbocycles. The van der Waals surface area contributed by atoms with Gasteiger partial charge in [-0.25, -0.2) is 0 Å². The molecule has 1 aromatic heterocycles. The zero-order chi connectivity index (χ0) is 16.4. The van der Waals surface area contributed by atoms with Crippen molar-refractivity contribution >= 4 is 22.5 Å². The zero-order valence-electron chi connectivity index (χ0n) is 13.0. The van der Waals surface area contributed by atoms with Crippen LogP contribution in [0.25, 0.3) is 10.8 Å². The van der Waals surface area contributed by atoms with Crippen LogP contribution in [0, 0.1) is 0 Å². The third-order valence-corrected chi connectivity index (χ3v) is 3.36. The highest BCUT2D eigenvalue weighted by Gasteiger charge is 2.27. The van der Waals surface area contributed by atoms with Gasteiger partial charge in [0.05, 0.1) is 5.39 Å². The van der Waals surface area contributed by atoms with E-state index in [-0.39, 0.29) is 11.3 Å². The second kappa shape index (κ2) is 6.01. The van der Waals surface area contributed by atoms with Crippen molar-refractivity contribution in [3.8, 4) is 5.75 Å². The van der Waals surface area contributed by atoms with E-state index in [9.17, 15) is 14.4 Å². The summed E-state index contributed by atoms with van der Waals surface area (Å²) in [6.07, 6.45) is 0.401. The lowest BCUT2D eigenvalue weighted by molar-refractivity contribution is -0.142. The van der Waals surface area contributed by atoms with Crippen molar-refractivity contribution in [1.29, 1.82) is 0 Å². The van der Waals surface area contributed by atoms with Crippen LogP contribution in [0.3, 0.4) is 0 Å². The monoisotopic (exact) mass is 302 g/mol. The Morgan fingerprint density at radius 1 is 1.18 bits per heavy atom. The van der Waals surface area contributed by atoms with Crippen molar-refractivity contribution in [2.75, 3.05) is 14.1 Å². The fraction of sp³-hybridized carbons (Fsp3) is 0.312. The summed E-state index contributed by atoms with van der Waals surface area (Å²) < 4.78 is 7.08. The number of rotatable bonds is 4. The lowest BCUT2D eigenvalue weighted by Crippen LogP contribution is -2.42. The van der Waals surface area contributed by atoms with Crippen LogP contribution in [-0.2, 0) is 16.6 Å². The molecule has 0 saturated carbocycles. The van der Waals surface area contributed by atoms with Crippen LogP contribution < -0.4 is 10.3 Å². The number of pyridine rings is 1. The first-order chi connectivity index (χ1) is 10.3. The highest BCUT2D eigenvalue weighted by atomic mass is 16.5. The number of hydrogen-bond donors (Lipinski definition) is 0. The van der Waals surface area contributed by atoms with Crippen molar-refractivity contribution in [3.05, 3.63) is 40.8 Å². The van der Waals surface area contributed by atoms with Crippen LogP contribution in [0.15, 0.2) is 35.3 Å². The summed E-state index contributed by atoms with van der Waals surface area (Å²) in [5, 5.41) is 1.05. The number of aromatic nitrogens is 1. The van der Waals surface area contributed by atoms with Crippen molar-refractivity contribution < 1.29 is 14.3 Å². The van der Waals surface area contributed by atoms with Crippen molar-refractivity contribution in [3.63, 3.8) is 0 Å². The summed E-state index contributed by atoms with van der Waals surface area (Å²) in [4.78, 5) is 37.2. The van der Waals surface area contributed by atoms with Crippen LogP contribution in [-0.4, -0.2) is 41.4 Å². The summed E-state index contributed by atoms with van der Waals surface area (Å²) >= 11 is 0. The van der Waals surface area contributed by atoms with Gasteiger partial charge < -0.3 is 14.2 Å². The van der Waals surface area contributed by atoms with Gasteiger partial charge in [0.25, 0.3) is 11.5 Å². The molecule has 0 saturated heterocycles. The summed E-state index contributed by atoms with van der Waals surface area (Å²) in [6, 6.07) is 6.71. The standard InChI is InChI=1S/C16H18N2O4/c1-10(19)14(16(21)17(2)3)22-13-7-5-6-12-11(13)8-9-18(4)15(12)20/h5-9,14H,1-4H3. The second-order valence-electron chi connectivity index (χ2n) is 5.29. The molecule has 0 aliphatic rings. The average molecular weight is 302 g/mol. The van der Waals surface area contributed by atoms with Gasteiger partial charge in [-0.15, -0.1) is 0 Å². The van der Waals surface area contributed by atoms with E-state index in [0.717, 1.165) is 0 Å². The summed E-state index contributed by atoms with van der Waals surface area (Å²) in [5.74, 6) is -0.488. The quantitative estimate of drug-likeness (QED) is 0.789. The van der Waals surface area contributed by atoms with Crippen molar-refractivity contribution in [2.24, 2.45) is 7.05 Å². The number of likely N-dealkylation sites (N-methyl/N-ethyl adjacent to an activating group) is 1. The molecule has 116 valence electrons. The molecule has 0 radical (unpaired) electrons. The molecule has 0 spiro atoms. The van der Waals surface area contributed by atoms with Gasteiger partial charge >= 0.3 is 0 Å². The number of ketones is 1. The van der Waals surface area contributed by atoms with Gasteiger partial charge in [-0.05, 0) is 25.1 Å². The van der Waals surface area contributed by atoms with E-state index in [4.69, 9.17) is 4.74 Å². The molecule has 2 aromatic rings. The number of carbonyl (C=O) groups is 2.